The number of aromatic nitrogens is 3. The molecule has 1 N–H and O–H groups in total. The standard InChI is InChI=1S/C27H31N5O4S/c1-18-9-12-21(13-10-18)26-30-31-27(32(26)22-7-5-4-6-8-22)37-17-25(34)29-28-16-20-11-14-23(36-19(2)33)24(15-20)35-3/h9-16,22H,4-8,17H2,1-3H3,(H,29,34)/b28-16-. The first-order valence-corrected chi connectivity index (χ1v) is 13.3. The molecule has 1 saturated carbocycles. The Bertz CT molecular complexity index is 1270. The topological polar surface area (TPSA) is 108 Å². The van der Waals surface area contributed by atoms with Crippen LogP contribution in [0.4, 0.5) is 0 Å². The number of thioether (sulfide) groups is 1. The minimum atomic E-state index is -0.435. The molecule has 0 saturated heterocycles. The maximum Gasteiger partial charge on any atom is 0.308 e. The molecule has 10 heteroatoms. The summed E-state index contributed by atoms with van der Waals surface area (Å²) in [5.74, 6) is 1.03. The van der Waals surface area contributed by atoms with E-state index in [9.17, 15) is 9.59 Å². The van der Waals surface area contributed by atoms with Crippen LogP contribution < -0.4 is 14.9 Å². The Kier molecular flexibility index (Phi) is 8.95. The van der Waals surface area contributed by atoms with Crippen molar-refractivity contribution < 1.29 is 19.1 Å². The monoisotopic (exact) mass is 521 g/mol. The van der Waals surface area contributed by atoms with E-state index in [2.05, 4.69) is 56.5 Å². The van der Waals surface area contributed by atoms with Gasteiger partial charge in [0.2, 0.25) is 0 Å². The fraction of sp³-hybridized carbons (Fsp3) is 0.370. The molecule has 2 aromatic carbocycles. The molecule has 0 aliphatic heterocycles. The molecule has 3 aromatic rings. The van der Waals surface area contributed by atoms with Crippen molar-refractivity contribution in [2.24, 2.45) is 5.10 Å². The number of hydrazone groups is 1. The Labute approximate surface area is 220 Å². The van der Waals surface area contributed by atoms with E-state index in [4.69, 9.17) is 9.47 Å². The van der Waals surface area contributed by atoms with Crippen LogP contribution in [0.1, 0.15) is 56.2 Å². The van der Waals surface area contributed by atoms with Gasteiger partial charge in [-0.2, -0.15) is 5.10 Å². The third kappa shape index (κ3) is 6.97. The third-order valence-corrected chi connectivity index (χ3v) is 7.03. The first-order valence-electron chi connectivity index (χ1n) is 12.3. The van der Waals surface area contributed by atoms with Crippen molar-refractivity contribution in [3.8, 4) is 22.9 Å². The van der Waals surface area contributed by atoms with Crippen molar-refractivity contribution in [3.63, 3.8) is 0 Å². The number of amides is 1. The Hall–Kier alpha value is -3.66. The van der Waals surface area contributed by atoms with E-state index in [1.807, 2.05) is 0 Å². The molecule has 0 bridgehead atoms. The number of carbonyl (C=O) groups is 2. The predicted molar refractivity (Wildman–Crippen MR) is 143 cm³/mol. The van der Waals surface area contributed by atoms with Gasteiger partial charge in [0.05, 0.1) is 19.1 Å². The highest BCUT2D eigenvalue weighted by molar-refractivity contribution is 7.99. The van der Waals surface area contributed by atoms with Crippen LogP contribution in [0.3, 0.4) is 0 Å². The molecular weight excluding hydrogens is 490 g/mol. The highest BCUT2D eigenvalue weighted by atomic mass is 32.2. The van der Waals surface area contributed by atoms with Crippen LogP contribution in [-0.2, 0) is 9.59 Å². The van der Waals surface area contributed by atoms with E-state index >= 15 is 0 Å². The summed E-state index contributed by atoms with van der Waals surface area (Å²) in [7, 11) is 1.48. The van der Waals surface area contributed by atoms with Crippen molar-refractivity contribution in [1.29, 1.82) is 0 Å². The number of nitrogens with one attached hydrogen (secondary N) is 1. The lowest BCUT2D eigenvalue weighted by atomic mass is 9.95. The number of esters is 1. The molecule has 1 aliphatic rings. The molecule has 4 rings (SSSR count). The largest absolute Gasteiger partial charge is 0.493 e. The number of benzene rings is 2. The first-order chi connectivity index (χ1) is 17.9. The number of ether oxygens (including phenoxy) is 2. The van der Waals surface area contributed by atoms with Gasteiger partial charge in [0.25, 0.3) is 5.91 Å². The minimum absolute atomic E-state index is 0.158. The fourth-order valence-corrected chi connectivity index (χ4v) is 5.09. The van der Waals surface area contributed by atoms with Crippen LogP contribution in [0.25, 0.3) is 11.4 Å². The summed E-state index contributed by atoms with van der Waals surface area (Å²) in [6, 6.07) is 13.6. The maximum absolute atomic E-state index is 12.5. The molecule has 1 aliphatic carbocycles. The second-order valence-corrected chi connectivity index (χ2v) is 9.86. The molecule has 1 heterocycles. The lowest BCUT2D eigenvalue weighted by Gasteiger charge is -2.25. The molecule has 37 heavy (non-hydrogen) atoms. The fourth-order valence-electron chi connectivity index (χ4n) is 4.29. The Morgan fingerprint density at radius 3 is 2.57 bits per heavy atom. The molecule has 0 unspecified atom stereocenters. The number of carbonyl (C=O) groups excluding carboxylic acids is 2. The van der Waals surface area contributed by atoms with Gasteiger partial charge in [-0.25, -0.2) is 5.43 Å². The van der Waals surface area contributed by atoms with Crippen molar-refractivity contribution in [2.45, 2.75) is 57.1 Å². The van der Waals surface area contributed by atoms with Crippen molar-refractivity contribution in [2.75, 3.05) is 12.9 Å². The molecule has 9 nitrogen and oxygen atoms in total. The van der Waals surface area contributed by atoms with E-state index in [-0.39, 0.29) is 11.7 Å². The minimum Gasteiger partial charge on any atom is -0.493 e. The Balaban J connectivity index is 1.41. The molecule has 194 valence electrons. The van der Waals surface area contributed by atoms with Gasteiger partial charge < -0.3 is 9.47 Å². The summed E-state index contributed by atoms with van der Waals surface area (Å²) in [4.78, 5) is 23.7. The van der Waals surface area contributed by atoms with E-state index in [0.717, 1.165) is 29.4 Å². The smallest absolute Gasteiger partial charge is 0.308 e. The van der Waals surface area contributed by atoms with Gasteiger partial charge in [-0.3, -0.25) is 14.2 Å². The summed E-state index contributed by atoms with van der Waals surface area (Å²) in [6.45, 7) is 3.38. The summed E-state index contributed by atoms with van der Waals surface area (Å²) in [5, 5.41) is 13.7. The molecule has 1 aromatic heterocycles. The zero-order valence-electron chi connectivity index (χ0n) is 21.3. The van der Waals surface area contributed by atoms with Gasteiger partial charge in [-0.05, 0) is 43.5 Å². The quantitative estimate of drug-likeness (QED) is 0.140. The number of hydrogen-bond acceptors (Lipinski definition) is 8. The normalized spacial score (nSPS) is 14.0. The second-order valence-electron chi connectivity index (χ2n) is 8.92. The van der Waals surface area contributed by atoms with E-state index in [1.165, 1.54) is 56.8 Å². The van der Waals surface area contributed by atoms with Gasteiger partial charge in [0.15, 0.2) is 22.5 Å². The van der Waals surface area contributed by atoms with Gasteiger partial charge in [-0.1, -0.05) is 60.9 Å². The number of aryl methyl sites for hydroxylation is 1. The van der Waals surface area contributed by atoms with Crippen molar-refractivity contribution >= 4 is 29.9 Å². The van der Waals surface area contributed by atoms with Crippen molar-refractivity contribution in [1.82, 2.24) is 20.2 Å². The molecular formula is C27H31N5O4S. The van der Waals surface area contributed by atoms with Crippen LogP contribution in [0.2, 0.25) is 0 Å². The van der Waals surface area contributed by atoms with Gasteiger partial charge in [0.1, 0.15) is 0 Å². The Morgan fingerprint density at radius 2 is 1.86 bits per heavy atom. The van der Waals surface area contributed by atoms with E-state index in [0.29, 0.717) is 23.1 Å². The van der Waals surface area contributed by atoms with Crippen LogP contribution in [-0.4, -0.2) is 45.7 Å². The average Bonchev–Trinajstić information content (AvgIpc) is 3.33. The van der Waals surface area contributed by atoms with Crippen LogP contribution >= 0.6 is 11.8 Å². The van der Waals surface area contributed by atoms with Crippen LogP contribution in [0.15, 0.2) is 52.7 Å². The number of rotatable bonds is 9. The van der Waals surface area contributed by atoms with Gasteiger partial charge in [-0.15, -0.1) is 10.2 Å². The molecule has 0 atom stereocenters. The molecule has 0 radical (unpaired) electrons. The summed E-state index contributed by atoms with van der Waals surface area (Å²) < 4.78 is 12.6. The SMILES string of the molecule is COc1cc(/C=N\NC(=O)CSc2nnc(-c3ccc(C)cc3)n2C2CCCCC2)ccc1OC(C)=O. The zero-order chi connectivity index (χ0) is 26.2. The number of methoxy groups -OCH3 is 1. The maximum atomic E-state index is 12.5. The highest BCUT2D eigenvalue weighted by Crippen LogP contribution is 2.35. The molecule has 0 spiro atoms. The van der Waals surface area contributed by atoms with E-state index < -0.39 is 5.97 Å². The molecule has 1 fully saturated rings. The summed E-state index contributed by atoms with van der Waals surface area (Å²) >= 11 is 1.36. The van der Waals surface area contributed by atoms with E-state index in [1.54, 1.807) is 18.2 Å². The predicted octanol–water partition coefficient (Wildman–Crippen LogP) is 4.94. The number of hydrogen-bond donors (Lipinski definition) is 1. The zero-order valence-corrected chi connectivity index (χ0v) is 22.1. The lowest BCUT2D eigenvalue weighted by Crippen LogP contribution is -2.20. The third-order valence-electron chi connectivity index (χ3n) is 6.09. The van der Waals surface area contributed by atoms with Gasteiger partial charge in [0, 0.05) is 18.5 Å². The average molecular weight is 522 g/mol. The number of nitrogens with zero attached hydrogens (tertiary/aromatic N) is 4. The van der Waals surface area contributed by atoms with Crippen molar-refractivity contribution in [3.05, 3.63) is 53.6 Å². The highest BCUT2D eigenvalue weighted by Gasteiger charge is 2.24. The first kappa shape index (κ1) is 26.4. The molecule has 1 amide bonds. The summed E-state index contributed by atoms with van der Waals surface area (Å²) in [6.07, 6.45) is 7.29. The summed E-state index contributed by atoms with van der Waals surface area (Å²) in [5.41, 5.74) is 5.46. The van der Waals surface area contributed by atoms with Crippen LogP contribution in [0, 0.1) is 6.92 Å². The lowest BCUT2D eigenvalue weighted by molar-refractivity contribution is -0.132. The van der Waals surface area contributed by atoms with Crippen LogP contribution in [0.5, 0.6) is 11.5 Å². The Morgan fingerprint density at radius 1 is 1.11 bits per heavy atom. The second kappa shape index (κ2) is 12.5. The van der Waals surface area contributed by atoms with Gasteiger partial charge >= 0.3 is 5.97 Å².